The third-order valence-corrected chi connectivity index (χ3v) is 9.07. The van der Waals surface area contributed by atoms with Gasteiger partial charge in [0.2, 0.25) is 0 Å². The first-order valence-corrected chi connectivity index (χ1v) is 17.2. The number of carbonyl (C=O) groups is 1. The molecule has 240 valence electrons. The van der Waals surface area contributed by atoms with E-state index in [-0.39, 0.29) is 6.61 Å². The summed E-state index contributed by atoms with van der Waals surface area (Å²) >= 11 is 26.8. The summed E-state index contributed by atoms with van der Waals surface area (Å²) in [5.74, 6) is 0.893. The minimum atomic E-state index is -1.02. The van der Waals surface area contributed by atoms with Crippen LogP contribution < -0.4 is 4.74 Å². The Balaban J connectivity index is 1.53. The highest BCUT2D eigenvalue weighted by atomic mass is 35.5. The maximum Gasteiger partial charge on any atom is 0.341 e. The molecule has 1 N–H and O–H groups in total. The van der Waals surface area contributed by atoms with Crippen molar-refractivity contribution >= 4 is 69.7 Å². The van der Waals surface area contributed by atoms with E-state index in [9.17, 15) is 4.79 Å². The number of rotatable bonds is 12. The van der Waals surface area contributed by atoms with Crippen molar-refractivity contribution in [1.29, 1.82) is 0 Å². The quantitative estimate of drug-likeness (QED) is 0.103. The molecule has 0 amide bonds. The summed E-state index contributed by atoms with van der Waals surface area (Å²) in [7, 11) is 0. The van der Waals surface area contributed by atoms with Crippen molar-refractivity contribution in [3.05, 3.63) is 146 Å². The lowest BCUT2D eigenvalue weighted by atomic mass is 9.93. The zero-order valence-electron chi connectivity index (χ0n) is 25.5. The third kappa shape index (κ3) is 9.28. The standard InChI is InChI=1S/C38H30Cl4O4S/c1-3-45-36(22-47-34-12-13-35(23(2)14-34)46-21-37(43)44)38(26-8-4-24(5-9-26)28-15-30(39)19-31(40)16-28)27-10-6-25(7-11-27)29-17-32(41)20-33(42)18-29/h4-20H,3,21-22H2,1-2H3,(H,43,44). The van der Waals surface area contributed by atoms with Crippen LogP contribution in [0.2, 0.25) is 20.1 Å². The van der Waals surface area contributed by atoms with E-state index in [2.05, 4.69) is 48.5 Å². The van der Waals surface area contributed by atoms with Gasteiger partial charge in [-0.3, -0.25) is 0 Å². The molecule has 47 heavy (non-hydrogen) atoms. The molecule has 0 radical (unpaired) electrons. The highest BCUT2D eigenvalue weighted by Crippen LogP contribution is 2.36. The summed E-state index contributed by atoms with van der Waals surface area (Å²) in [6.45, 7) is 3.97. The minimum Gasteiger partial charge on any atom is -0.497 e. The molecular weight excluding hydrogens is 694 g/mol. The van der Waals surface area contributed by atoms with E-state index in [1.54, 1.807) is 30.0 Å². The second-order valence-electron chi connectivity index (χ2n) is 10.6. The number of carboxylic acid groups (broad SMARTS) is 1. The highest BCUT2D eigenvalue weighted by Gasteiger charge is 2.16. The van der Waals surface area contributed by atoms with Crippen LogP contribution in [-0.4, -0.2) is 30.0 Å². The van der Waals surface area contributed by atoms with E-state index in [1.165, 1.54) is 0 Å². The van der Waals surface area contributed by atoms with Crippen LogP contribution in [0, 0.1) is 6.92 Å². The molecule has 0 bridgehead atoms. The summed E-state index contributed by atoms with van der Waals surface area (Å²) in [6, 6.07) is 33.2. The van der Waals surface area contributed by atoms with Gasteiger partial charge in [-0.2, -0.15) is 0 Å². The summed E-state index contributed by atoms with van der Waals surface area (Å²) in [4.78, 5) is 12.0. The number of benzene rings is 5. The smallest absolute Gasteiger partial charge is 0.341 e. The Morgan fingerprint density at radius 1 is 0.681 bits per heavy atom. The van der Waals surface area contributed by atoms with Gasteiger partial charge in [-0.1, -0.05) is 94.9 Å². The molecule has 0 saturated carbocycles. The van der Waals surface area contributed by atoms with Crippen LogP contribution in [0.1, 0.15) is 23.6 Å². The van der Waals surface area contributed by atoms with Crippen molar-refractivity contribution in [2.75, 3.05) is 19.0 Å². The maximum atomic E-state index is 11.0. The van der Waals surface area contributed by atoms with Gasteiger partial charge in [0.05, 0.1) is 12.4 Å². The van der Waals surface area contributed by atoms with Crippen molar-refractivity contribution in [3.63, 3.8) is 0 Å². The average Bonchev–Trinajstić information content (AvgIpc) is 3.03. The van der Waals surface area contributed by atoms with Crippen molar-refractivity contribution in [1.82, 2.24) is 0 Å². The molecule has 0 heterocycles. The van der Waals surface area contributed by atoms with Gasteiger partial charge in [0.1, 0.15) is 11.5 Å². The van der Waals surface area contributed by atoms with E-state index in [4.69, 9.17) is 61.0 Å². The lowest BCUT2D eigenvalue weighted by Crippen LogP contribution is -2.10. The van der Waals surface area contributed by atoms with Crippen molar-refractivity contribution in [3.8, 4) is 28.0 Å². The first kappa shape index (κ1) is 34.7. The van der Waals surface area contributed by atoms with E-state index >= 15 is 0 Å². The molecule has 0 saturated heterocycles. The number of hydrogen-bond acceptors (Lipinski definition) is 4. The molecule has 0 fully saturated rings. The van der Waals surface area contributed by atoms with E-state index in [1.807, 2.05) is 50.2 Å². The lowest BCUT2D eigenvalue weighted by Gasteiger charge is -2.18. The molecule has 0 aliphatic rings. The Morgan fingerprint density at radius 2 is 1.17 bits per heavy atom. The SMILES string of the molecule is CCOC(CSc1ccc(OCC(=O)O)c(C)c1)=C(c1ccc(-c2cc(Cl)cc(Cl)c2)cc1)c1ccc(-c2cc(Cl)cc(Cl)c2)cc1. The molecule has 5 aromatic rings. The first-order chi connectivity index (χ1) is 22.6. The number of aliphatic carboxylic acids is 1. The second kappa shape index (κ2) is 16.0. The normalized spacial score (nSPS) is 10.9. The Kier molecular flexibility index (Phi) is 11.8. The van der Waals surface area contributed by atoms with E-state index in [0.717, 1.165) is 55.2 Å². The molecule has 0 spiro atoms. The summed E-state index contributed by atoms with van der Waals surface area (Å²) in [5.41, 5.74) is 7.61. The number of hydrogen-bond donors (Lipinski definition) is 1. The molecule has 0 aromatic heterocycles. The molecule has 9 heteroatoms. The minimum absolute atomic E-state index is 0.389. The Morgan fingerprint density at radius 3 is 1.60 bits per heavy atom. The molecule has 5 rings (SSSR count). The van der Waals surface area contributed by atoms with Crippen LogP contribution in [0.25, 0.3) is 27.8 Å². The van der Waals surface area contributed by atoms with E-state index in [0.29, 0.717) is 38.2 Å². The molecular formula is C38H30Cl4O4S. The zero-order chi connectivity index (χ0) is 33.5. The predicted molar refractivity (Wildman–Crippen MR) is 196 cm³/mol. The molecule has 4 nitrogen and oxygen atoms in total. The molecule has 0 aliphatic heterocycles. The topological polar surface area (TPSA) is 55.8 Å². The summed E-state index contributed by atoms with van der Waals surface area (Å²) in [5, 5.41) is 11.3. The number of ether oxygens (including phenoxy) is 2. The van der Waals surface area contributed by atoms with Crippen LogP contribution in [0.3, 0.4) is 0 Å². The van der Waals surface area contributed by atoms with Crippen LogP contribution >= 0.6 is 58.2 Å². The number of carboxylic acids is 1. The van der Waals surface area contributed by atoms with Crippen molar-refractivity contribution < 1.29 is 19.4 Å². The predicted octanol–water partition coefficient (Wildman–Crippen LogP) is 12.0. The Bertz CT molecular complexity index is 1780. The summed E-state index contributed by atoms with van der Waals surface area (Å²) in [6.07, 6.45) is 0. The maximum absolute atomic E-state index is 11.0. The van der Waals surface area contributed by atoms with Gasteiger partial charge in [0.15, 0.2) is 6.61 Å². The number of halogens is 4. The van der Waals surface area contributed by atoms with Crippen molar-refractivity contribution in [2.45, 2.75) is 18.7 Å². The van der Waals surface area contributed by atoms with E-state index < -0.39 is 5.97 Å². The number of aryl methyl sites for hydroxylation is 1. The molecule has 0 aliphatic carbocycles. The van der Waals surface area contributed by atoms with Gasteiger partial charge in [0.25, 0.3) is 0 Å². The Labute approximate surface area is 298 Å². The van der Waals surface area contributed by atoms with Crippen LogP contribution in [0.15, 0.2) is 114 Å². The largest absolute Gasteiger partial charge is 0.497 e. The van der Waals surface area contributed by atoms with Gasteiger partial charge >= 0.3 is 5.97 Å². The fourth-order valence-corrected chi connectivity index (χ4v) is 7.11. The van der Waals surface area contributed by atoms with Gasteiger partial charge in [-0.05, 0) is 107 Å². The third-order valence-electron chi connectivity index (χ3n) is 7.20. The van der Waals surface area contributed by atoms with Crippen LogP contribution in [0.4, 0.5) is 0 Å². The first-order valence-electron chi connectivity index (χ1n) is 14.7. The van der Waals surface area contributed by atoms with Gasteiger partial charge in [-0.25, -0.2) is 4.79 Å². The summed E-state index contributed by atoms with van der Waals surface area (Å²) < 4.78 is 11.8. The highest BCUT2D eigenvalue weighted by molar-refractivity contribution is 7.99. The van der Waals surface area contributed by atoms with Crippen LogP contribution in [-0.2, 0) is 9.53 Å². The molecule has 5 aromatic carbocycles. The lowest BCUT2D eigenvalue weighted by molar-refractivity contribution is -0.139. The fraction of sp³-hybridized carbons (Fsp3) is 0.132. The zero-order valence-corrected chi connectivity index (χ0v) is 29.4. The monoisotopic (exact) mass is 722 g/mol. The van der Waals surface area contributed by atoms with Crippen molar-refractivity contribution in [2.24, 2.45) is 0 Å². The average molecular weight is 725 g/mol. The fourth-order valence-electron chi connectivity index (χ4n) is 5.11. The van der Waals surface area contributed by atoms with Gasteiger partial charge in [-0.15, -0.1) is 11.8 Å². The van der Waals surface area contributed by atoms with Crippen LogP contribution in [0.5, 0.6) is 5.75 Å². The number of thioether (sulfide) groups is 1. The molecule has 0 unspecified atom stereocenters. The van der Waals surface area contributed by atoms with Gasteiger partial charge in [0, 0.05) is 30.6 Å². The second-order valence-corrected chi connectivity index (χ2v) is 13.4. The Hall–Kier alpha value is -3.58. The molecule has 0 atom stereocenters. The van der Waals surface area contributed by atoms with Gasteiger partial charge < -0.3 is 14.6 Å².